The average Bonchev–Trinajstić information content (AvgIpc) is 2.93. The molecule has 3 rings (SSSR count). The van der Waals surface area contributed by atoms with E-state index in [0.717, 1.165) is 16.9 Å². The molecule has 0 fully saturated rings. The highest BCUT2D eigenvalue weighted by Crippen LogP contribution is 2.27. The van der Waals surface area contributed by atoms with Crippen LogP contribution >= 0.6 is 0 Å². The zero-order chi connectivity index (χ0) is 15.9. The highest BCUT2D eigenvalue weighted by atomic mass is 16.1. The second-order valence-corrected chi connectivity index (χ2v) is 6.52. The van der Waals surface area contributed by atoms with Gasteiger partial charge >= 0.3 is 0 Å². The average molecular weight is 293 g/mol. The number of fused-ring (bicyclic) bond motifs is 1. The molecule has 0 spiro atoms. The Hall–Kier alpha value is -2.49. The molecule has 0 amide bonds. The summed E-state index contributed by atoms with van der Waals surface area (Å²) in [5, 5.41) is 0. The molecule has 0 saturated carbocycles. The number of nitrogens with zero attached hydrogens (tertiary/aromatic N) is 3. The maximum absolute atomic E-state index is 11.7. The molecule has 2 heterocycles. The SMILES string of the molecule is CC(=O)c1cn2ccnc2c(-c2ccc(C(C)(C)C)cc2)n1. The minimum absolute atomic E-state index is 0.0526. The number of imidazole rings is 1. The van der Waals surface area contributed by atoms with Gasteiger partial charge in [0.2, 0.25) is 0 Å². The van der Waals surface area contributed by atoms with Crippen LogP contribution in [0.3, 0.4) is 0 Å². The van der Waals surface area contributed by atoms with E-state index in [9.17, 15) is 4.79 Å². The Bertz CT molecular complexity index is 839. The second kappa shape index (κ2) is 5.05. The van der Waals surface area contributed by atoms with E-state index in [4.69, 9.17) is 0 Å². The third-order valence-electron chi connectivity index (χ3n) is 3.76. The summed E-state index contributed by atoms with van der Waals surface area (Å²) >= 11 is 0. The van der Waals surface area contributed by atoms with E-state index in [1.165, 1.54) is 12.5 Å². The fourth-order valence-electron chi connectivity index (χ4n) is 2.42. The standard InChI is InChI=1S/C18H19N3O/c1-12(22)15-11-21-10-9-19-17(21)16(20-15)13-5-7-14(8-6-13)18(2,3)4/h5-11H,1-4H3. The first-order valence-corrected chi connectivity index (χ1v) is 7.32. The fourth-order valence-corrected chi connectivity index (χ4v) is 2.42. The van der Waals surface area contributed by atoms with Crippen molar-refractivity contribution in [3.63, 3.8) is 0 Å². The van der Waals surface area contributed by atoms with Crippen molar-refractivity contribution in [2.75, 3.05) is 0 Å². The van der Waals surface area contributed by atoms with Gasteiger partial charge in [0, 0.05) is 31.1 Å². The molecule has 0 aliphatic heterocycles. The molecular formula is C18H19N3O. The predicted octanol–water partition coefficient (Wildman–Crippen LogP) is 3.90. The summed E-state index contributed by atoms with van der Waals surface area (Å²) in [5.74, 6) is -0.0526. The van der Waals surface area contributed by atoms with Crippen LogP contribution in [0.2, 0.25) is 0 Å². The lowest BCUT2D eigenvalue weighted by molar-refractivity contribution is 0.101. The maximum Gasteiger partial charge on any atom is 0.179 e. The van der Waals surface area contributed by atoms with Crippen molar-refractivity contribution in [2.24, 2.45) is 0 Å². The van der Waals surface area contributed by atoms with Crippen LogP contribution < -0.4 is 0 Å². The van der Waals surface area contributed by atoms with E-state index in [2.05, 4.69) is 42.9 Å². The van der Waals surface area contributed by atoms with Crippen LogP contribution in [-0.4, -0.2) is 20.2 Å². The molecule has 0 unspecified atom stereocenters. The molecule has 4 nitrogen and oxygen atoms in total. The van der Waals surface area contributed by atoms with E-state index < -0.39 is 0 Å². The van der Waals surface area contributed by atoms with Crippen LogP contribution in [0.1, 0.15) is 43.7 Å². The summed E-state index contributed by atoms with van der Waals surface area (Å²) < 4.78 is 1.84. The summed E-state index contributed by atoms with van der Waals surface area (Å²) in [6.07, 6.45) is 5.27. The molecule has 1 aromatic carbocycles. The Balaban J connectivity index is 2.17. The lowest BCUT2D eigenvalue weighted by atomic mass is 9.86. The van der Waals surface area contributed by atoms with Crippen molar-refractivity contribution in [3.05, 3.63) is 54.1 Å². The molecule has 0 bridgehead atoms. The van der Waals surface area contributed by atoms with E-state index in [1.54, 1.807) is 12.4 Å². The van der Waals surface area contributed by atoms with Gasteiger partial charge in [-0.1, -0.05) is 45.0 Å². The fraction of sp³-hybridized carbons (Fsp3) is 0.278. The van der Waals surface area contributed by atoms with Crippen molar-refractivity contribution in [3.8, 4) is 11.3 Å². The summed E-state index contributed by atoms with van der Waals surface area (Å²) in [6, 6.07) is 8.30. The number of carbonyl (C=O) groups is 1. The third kappa shape index (κ3) is 2.52. The quantitative estimate of drug-likeness (QED) is 0.673. The number of rotatable bonds is 2. The van der Waals surface area contributed by atoms with Gasteiger partial charge in [-0.05, 0) is 11.0 Å². The van der Waals surface area contributed by atoms with Gasteiger partial charge in [0.25, 0.3) is 0 Å². The van der Waals surface area contributed by atoms with E-state index in [1.807, 2.05) is 22.7 Å². The maximum atomic E-state index is 11.7. The molecule has 0 saturated heterocycles. The van der Waals surface area contributed by atoms with E-state index in [-0.39, 0.29) is 11.2 Å². The second-order valence-electron chi connectivity index (χ2n) is 6.52. The Morgan fingerprint density at radius 3 is 2.41 bits per heavy atom. The van der Waals surface area contributed by atoms with Crippen molar-refractivity contribution >= 4 is 11.4 Å². The number of benzene rings is 1. The van der Waals surface area contributed by atoms with Crippen LogP contribution in [0.25, 0.3) is 16.9 Å². The Labute approximate surface area is 129 Å². The summed E-state index contributed by atoms with van der Waals surface area (Å²) in [7, 11) is 0. The summed E-state index contributed by atoms with van der Waals surface area (Å²) in [5.41, 5.74) is 4.27. The first kappa shape index (κ1) is 14.4. The van der Waals surface area contributed by atoms with Crippen molar-refractivity contribution in [1.29, 1.82) is 0 Å². The van der Waals surface area contributed by atoms with Crippen LogP contribution in [0.5, 0.6) is 0 Å². The van der Waals surface area contributed by atoms with Crippen LogP contribution in [0.15, 0.2) is 42.9 Å². The largest absolute Gasteiger partial charge is 0.303 e. The normalized spacial score (nSPS) is 11.8. The first-order valence-electron chi connectivity index (χ1n) is 7.32. The first-order chi connectivity index (χ1) is 10.4. The summed E-state index contributed by atoms with van der Waals surface area (Å²) in [4.78, 5) is 20.5. The number of carbonyl (C=O) groups excluding carboxylic acids is 1. The van der Waals surface area contributed by atoms with Gasteiger partial charge in [-0.15, -0.1) is 0 Å². The van der Waals surface area contributed by atoms with E-state index in [0.29, 0.717) is 5.69 Å². The molecular weight excluding hydrogens is 274 g/mol. The highest BCUT2D eigenvalue weighted by Gasteiger charge is 2.15. The van der Waals surface area contributed by atoms with Crippen molar-refractivity contribution in [2.45, 2.75) is 33.1 Å². The molecule has 0 aliphatic carbocycles. The zero-order valence-electron chi connectivity index (χ0n) is 13.3. The molecule has 0 atom stereocenters. The van der Waals surface area contributed by atoms with Gasteiger partial charge in [-0.25, -0.2) is 9.97 Å². The lowest BCUT2D eigenvalue weighted by Crippen LogP contribution is -2.10. The predicted molar refractivity (Wildman–Crippen MR) is 87.1 cm³/mol. The van der Waals surface area contributed by atoms with Gasteiger partial charge in [0.05, 0.1) is 0 Å². The monoisotopic (exact) mass is 293 g/mol. The zero-order valence-corrected chi connectivity index (χ0v) is 13.3. The summed E-state index contributed by atoms with van der Waals surface area (Å²) in [6.45, 7) is 8.08. The number of ketones is 1. The van der Waals surface area contributed by atoms with Crippen LogP contribution in [0, 0.1) is 0 Å². The topological polar surface area (TPSA) is 47.3 Å². The van der Waals surface area contributed by atoms with Crippen molar-refractivity contribution < 1.29 is 4.79 Å². The lowest BCUT2D eigenvalue weighted by Gasteiger charge is -2.19. The Morgan fingerprint density at radius 1 is 1.14 bits per heavy atom. The van der Waals surface area contributed by atoms with Crippen LogP contribution in [-0.2, 0) is 5.41 Å². The Kier molecular flexibility index (Phi) is 3.32. The third-order valence-corrected chi connectivity index (χ3v) is 3.76. The van der Waals surface area contributed by atoms with Gasteiger partial charge in [-0.3, -0.25) is 4.79 Å². The molecule has 112 valence electrons. The van der Waals surface area contributed by atoms with Gasteiger partial charge < -0.3 is 4.40 Å². The number of hydrogen-bond acceptors (Lipinski definition) is 3. The Morgan fingerprint density at radius 2 is 1.82 bits per heavy atom. The molecule has 2 aromatic heterocycles. The molecule has 0 aliphatic rings. The smallest absolute Gasteiger partial charge is 0.179 e. The highest BCUT2D eigenvalue weighted by molar-refractivity contribution is 5.93. The molecule has 0 radical (unpaired) electrons. The number of hydrogen-bond donors (Lipinski definition) is 0. The van der Waals surface area contributed by atoms with Gasteiger partial charge in [0.15, 0.2) is 11.4 Å². The van der Waals surface area contributed by atoms with Crippen LogP contribution in [0.4, 0.5) is 0 Å². The minimum Gasteiger partial charge on any atom is -0.303 e. The molecule has 3 aromatic rings. The molecule has 22 heavy (non-hydrogen) atoms. The number of aromatic nitrogens is 3. The molecule has 0 N–H and O–H groups in total. The van der Waals surface area contributed by atoms with Crippen molar-refractivity contribution in [1.82, 2.24) is 14.4 Å². The minimum atomic E-state index is -0.0526. The van der Waals surface area contributed by atoms with Gasteiger partial charge in [0.1, 0.15) is 11.4 Å². The van der Waals surface area contributed by atoms with Gasteiger partial charge in [-0.2, -0.15) is 0 Å². The molecule has 4 heteroatoms. The number of Topliss-reactive ketones (excluding diaryl/α,β-unsaturated/α-hetero) is 1. The van der Waals surface area contributed by atoms with E-state index >= 15 is 0 Å².